The highest BCUT2D eigenvalue weighted by Gasteiger charge is 2.31. The van der Waals surface area contributed by atoms with E-state index in [-0.39, 0.29) is 11.8 Å². The van der Waals surface area contributed by atoms with Gasteiger partial charge < -0.3 is 26.4 Å². The van der Waals surface area contributed by atoms with E-state index < -0.39 is 11.2 Å². The molecule has 2 aromatic rings. The minimum Gasteiger partial charge on any atom is -0.421 e. The van der Waals surface area contributed by atoms with E-state index in [1.54, 1.807) is 24.3 Å². The van der Waals surface area contributed by atoms with E-state index in [9.17, 15) is 10.2 Å². The molecule has 6 N–H and O–H groups in total. The van der Waals surface area contributed by atoms with Crippen molar-refractivity contribution >= 4 is 11.4 Å². The van der Waals surface area contributed by atoms with E-state index in [2.05, 4.69) is 9.97 Å². The maximum Gasteiger partial charge on any atom is 0.221 e. The smallest absolute Gasteiger partial charge is 0.221 e. The monoisotopic (exact) mass is 374 g/mol. The summed E-state index contributed by atoms with van der Waals surface area (Å²) in [5.41, 5.74) is 11.4. The van der Waals surface area contributed by atoms with Gasteiger partial charge in [-0.3, -0.25) is 0 Å². The molecule has 0 amide bonds. The summed E-state index contributed by atoms with van der Waals surface area (Å²) in [6, 6.07) is 6.55. The van der Waals surface area contributed by atoms with Crippen LogP contribution < -0.4 is 16.2 Å². The molecular weight excluding hydrogens is 344 g/mol. The standard InChI is InChI=1S/C20H30N4O3/c1-5-19(25,6-2)17-13(21)9-11-15(23-17)27-16-12-10-14(22)18(24-16)20(26,7-3)8-4/h9-12,25-26H,5-8,21-22H2,1-4H3. The van der Waals surface area contributed by atoms with Crippen LogP contribution in [0.15, 0.2) is 24.3 Å². The predicted molar refractivity (Wildman–Crippen MR) is 106 cm³/mol. The predicted octanol–water partition coefficient (Wildman–Crippen LogP) is 3.45. The number of ether oxygens (including phenoxy) is 1. The summed E-state index contributed by atoms with van der Waals surface area (Å²) < 4.78 is 5.78. The third kappa shape index (κ3) is 4.14. The van der Waals surface area contributed by atoms with Gasteiger partial charge in [0.05, 0.1) is 22.8 Å². The van der Waals surface area contributed by atoms with E-state index in [4.69, 9.17) is 16.2 Å². The average molecular weight is 374 g/mol. The van der Waals surface area contributed by atoms with Crippen molar-refractivity contribution in [1.29, 1.82) is 0 Å². The lowest BCUT2D eigenvalue weighted by Gasteiger charge is -2.27. The van der Waals surface area contributed by atoms with E-state index >= 15 is 0 Å². The van der Waals surface area contributed by atoms with Crippen molar-refractivity contribution in [2.75, 3.05) is 11.5 Å². The van der Waals surface area contributed by atoms with Crippen LogP contribution in [0.5, 0.6) is 11.8 Å². The largest absolute Gasteiger partial charge is 0.421 e. The summed E-state index contributed by atoms with van der Waals surface area (Å²) in [6.07, 6.45) is 1.92. The molecule has 27 heavy (non-hydrogen) atoms. The topological polar surface area (TPSA) is 128 Å². The highest BCUT2D eigenvalue weighted by atomic mass is 16.5. The zero-order valence-corrected chi connectivity index (χ0v) is 16.5. The molecule has 0 bridgehead atoms. The molecule has 0 fully saturated rings. The number of pyridine rings is 2. The molecule has 148 valence electrons. The molecule has 0 saturated carbocycles. The first kappa shape index (κ1) is 20.9. The summed E-state index contributed by atoms with van der Waals surface area (Å²) >= 11 is 0. The van der Waals surface area contributed by atoms with Crippen molar-refractivity contribution in [2.24, 2.45) is 0 Å². The number of hydrogen-bond donors (Lipinski definition) is 4. The number of nitrogens with zero attached hydrogens (tertiary/aromatic N) is 2. The van der Waals surface area contributed by atoms with Gasteiger partial charge in [-0.25, -0.2) is 9.97 Å². The molecule has 2 aromatic heterocycles. The molecule has 0 aliphatic heterocycles. The Morgan fingerprint density at radius 3 is 1.37 bits per heavy atom. The molecule has 0 aliphatic rings. The zero-order valence-electron chi connectivity index (χ0n) is 16.5. The van der Waals surface area contributed by atoms with Gasteiger partial charge in [-0.2, -0.15) is 0 Å². The second-order valence-electron chi connectivity index (χ2n) is 6.75. The van der Waals surface area contributed by atoms with E-state index in [1.807, 2.05) is 27.7 Å². The normalized spacial score (nSPS) is 12.2. The molecule has 7 heteroatoms. The van der Waals surface area contributed by atoms with Crippen LogP contribution in [0.3, 0.4) is 0 Å². The Balaban J connectivity index is 2.41. The van der Waals surface area contributed by atoms with Crippen LogP contribution in [0, 0.1) is 0 Å². The van der Waals surface area contributed by atoms with Gasteiger partial charge in [0.15, 0.2) is 0 Å². The highest BCUT2D eigenvalue weighted by Crippen LogP contribution is 2.35. The highest BCUT2D eigenvalue weighted by molar-refractivity contribution is 5.49. The summed E-state index contributed by atoms with van der Waals surface area (Å²) in [4.78, 5) is 8.81. The van der Waals surface area contributed by atoms with Gasteiger partial charge in [0.1, 0.15) is 11.2 Å². The molecular formula is C20H30N4O3. The SMILES string of the molecule is CCC(O)(CC)c1nc(Oc2ccc(N)c(C(O)(CC)CC)n2)ccc1N. The van der Waals surface area contributed by atoms with E-state index in [0.717, 1.165) is 0 Å². The van der Waals surface area contributed by atoms with Crippen molar-refractivity contribution in [3.63, 3.8) is 0 Å². The minimum atomic E-state index is -1.12. The number of nitrogens with two attached hydrogens (primary N) is 2. The Kier molecular flexibility index (Phi) is 6.28. The number of hydrogen-bond acceptors (Lipinski definition) is 7. The number of anilines is 2. The molecule has 0 unspecified atom stereocenters. The first-order chi connectivity index (χ1) is 12.7. The van der Waals surface area contributed by atoms with Crippen LogP contribution in [-0.2, 0) is 11.2 Å². The van der Waals surface area contributed by atoms with E-state index in [1.165, 1.54) is 0 Å². The molecule has 7 nitrogen and oxygen atoms in total. The van der Waals surface area contributed by atoms with Gasteiger partial charge in [0.2, 0.25) is 11.8 Å². The summed E-state index contributed by atoms with van der Waals surface area (Å²) in [7, 11) is 0. The quantitative estimate of drug-likeness (QED) is 0.557. The molecule has 0 saturated heterocycles. The van der Waals surface area contributed by atoms with Gasteiger partial charge >= 0.3 is 0 Å². The van der Waals surface area contributed by atoms with Gasteiger partial charge in [0, 0.05) is 12.1 Å². The lowest BCUT2D eigenvalue weighted by atomic mass is 9.92. The van der Waals surface area contributed by atoms with Crippen molar-refractivity contribution in [3.8, 4) is 11.8 Å². The molecule has 0 spiro atoms. The maximum absolute atomic E-state index is 10.8. The Morgan fingerprint density at radius 1 is 0.741 bits per heavy atom. The molecule has 2 heterocycles. The first-order valence-corrected chi connectivity index (χ1v) is 9.39. The van der Waals surface area contributed by atoms with Crippen LogP contribution >= 0.6 is 0 Å². The molecule has 0 aliphatic carbocycles. The van der Waals surface area contributed by atoms with Gasteiger partial charge in [0.25, 0.3) is 0 Å². The fourth-order valence-electron chi connectivity index (χ4n) is 3.04. The maximum atomic E-state index is 10.8. The Labute approximate surface area is 160 Å². The summed E-state index contributed by atoms with van der Waals surface area (Å²) in [5.74, 6) is 0.526. The second-order valence-corrected chi connectivity index (χ2v) is 6.75. The van der Waals surface area contributed by atoms with E-state index in [0.29, 0.717) is 48.4 Å². The number of rotatable bonds is 8. The fraction of sp³-hybridized carbons (Fsp3) is 0.500. The Morgan fingerprint density at radius 2 is 1.07 bits per heavy atom. The molecule has 0 radical (unpaired) electrons. The third-order valence-electron chi connectivity index (χ3n) is 5.23. The fourth-order valence-corrected chi connectivity index (χ4v) is 3.04. The van der Waals surface area contributed by atoms with Gasteiger partial charge in [-0.05, 0) is 37.8 Å². The number of nitrogen functional groups attached to an aromatic ring is 2. The number of aliphatic hydroxyl groups is 2. The lowest BCUT2D eigenvalue weighted by Crippen LogP contribution is -2.27. The van der Waals surface area contributed by atoms with Crippen LogP contribution in [0.4, 0.5) is 11.4 Å². The molecule has 0 aromatic carbocycles. The van der Waals surface area contributed by atoms with Crippen molar-refractivity contribution < 1.29 is 14.9 Å². The zero-order chi connectivity index (χ0) is 20.2. The first-order valence-electron chi connectivity index (χ1n) is 9.39. The van der Waals surface area contributed by atoms with Gasteiger partial charge in [-0.15, -0.1) is 0 Å². The third-order valence-corrected chi connectivity index (χ3v) is 5.23. The lowest BCUT2D eigenvalue weighted by molar-refractivity contribution is 0.0241. The van der Waals surface area contributed by atoms with Crippen LogP contribution in [0.2, 0.25) is 0 Å². The molecule has 0 atom stereocenters. The average Bonchev–Trinajstić information content (AvgIpc) is 2.69. The van der Waals surface area contributed by atoms with Crippen molar-refractivity contribution in [2.45, 2.75) is 64.6 Å². The minimum absolute atomic E-state index is 0.263. The van der Waals surface area contributed by atoms with Crippen LogP contribution in [-0.4, -0.2) is 20.2 Å². The Hall–Kier alpha value is -2.38. The van der Waals surface area contributed by atoms with Crippen LogP contribution in [0.25, 0.3) is 0 Å². The summed E-state index contributed by atoms with van der Waals surface area (Å²) in [6.45, 7) is 7.51. The number of aromatic nitrogens is 2. The Bertz CT molecular complexity index is 721. The van der Waals surface area contributed by atoms with Crippen molar-refractivity contribution in [3.05, 3.63) is 35.7 Å². The van der Waals surface area contributed by atoms with Gasteiger partial charge in [-0.1, -0.05) is 27.7 Å². The summed E-state index contributed by atoms with van der Waals surface area (Å²) in [5, 5.41) is 21.5. The van der Waals surface area contributed by atoms with Crippen molar-refractivity contribution in [1.82, 2.24) is 9.97 Å². The molecule has 2 rings (SSSR count). The van der Waals surface area contributed by atoms with Crippen LogP contribution in [0.1, 0.15) is 64.8 Å². The second kappa shape index (κ2) is 8.10.